The van der Waals surface area contributed by atoms with Gasteiger partial charge in [0, 0.05) is 18.5 Å². The standard InChI is InChI=1S/C15H28N2O/c1-11-8-13(10-14(16)9-11)15(18)17-7-6-12-4-2-3-5-12/h11-14H,2-10,16H2,1H3,(H,17,18). The normalized spacial score (nSPS) is 33.6. The summed E-state index contributed by atoms with van der Waals surface area (Å²) in [5.74, 6) is 1.86. The first-order valence-electron chi connectivity index (χ1n) is 7.68. The Bertz CT molecular complexity index is 264. The highest BCUT2D eigenvalue weighted by Crippen LogP contribution is 2.29. The van der Waals surface area contributed by atoms with Gasteiger partial charge in [0.15, 0.2) is 0 Å². The van der Waals surface area contributed by atoms with E-state index >= 15 is 0 Å². The second-order valence-electron chi connectivity index (χ2n) is 6.50. The lowest BCUT2D eigenvalue weighted by Crippen LogP contribution is -2.40. The molecule has 2 fully saturated rings. The molecule has 3 atom stereocenters. The molecule has 3 unspecified atom stereocenters. The maximum absolute atomic E-state index is 12.1. The summed E-state index contributed by atoms with van der Waals surface area (Å²) < 4.78 is 0. The summed E-state index contributed by atoms with van der Waals surface area (Å²) >= 11 is 0. The fraction of sp³-hybridized carbons (Fsp3) is 0.933. The summed E-state index contributed by atoms with van der Waals surface area (Å²) in [5, 5.41) is 3.13. The minimum atomic E-state index is 0.160. The number of nitrogens with one attached hydrogen (secondary N) is 1. The van der Waals surface area contributed by atoms with Gasteiger partial charge in [-0.05, 0) is 37.5 Å². The molecule has 2 aliphatic carbocycles. The third-order valence-electron chi connectivity index (χ3n) is 4.68. The number of rotatable bonds is 4. The SMILES string of the molecule is CC1CC(N)CC(C(=O)NCCC2CCCC2)C1. The van der Waals surface area contributed by atoms with E-state index in [4.69, 9.17) is 5.73 Å². The van der Waals surface area contributed by atoms with Crippen molar-refractivity contribution in [3.8, 4) is 0 Å². The van der Waals surface area contributed by atoms with Gasteiger partial charge in [0.05, 0.1) is 0 Å². The third-order valence-corrected chi connectivity index (χ3v) is 4.68. The average molecular weight is 252 g/mol. The van der Waals surface area contributed by atoms with E-state index in [1.807, 2.05) is 0 Å². The van der Waals surface area contributed by atoms with Crippen LogP contribution in [0, 0.1) is 17.8 Å². The molecule has 0 saturated heterocycles. The van der Waals surface area contributed by atoms with E-state index in [0.29, 0.717) is 5.92 Å². The van der Waals surface area contributed by atoms with Crippen LogP contribution in [0.3, 0.4) is 0 Å². The Morgan fingerprint density at radius 1 is 1.22 bits per heavy atom. The van der Waals surface area contributed by atoms with E-state index < -0.39 is 0 Å². The van der Waals surface area contributed by atoms with E-state index in [-0.39, 0.29) is 17.9 Å². The molecule has 0 radical (unpaired) electrons. The molecule has 0 aromatic rings. The lowest BCUT2D eigenvalue weighted by atomic mass is 9.79. The van der Waals surface area contributed by atoms with Crippen LogP contribution in [-0.2, 0) is 4.79 Å². The molecule has 3 heteroatoms. The summed E-state index contributed by atoms with van der Waals surface area (Å²) in [5.41, 5.74) is 6.00. The fourth-order valence-corrected chi connectivity index (χ4v) is 3.71. The van der Waals surface area contributed by atoms with Crippen LogP contribution in [0.2, 0.25) is 0 Å². The first-order chi connectivity index (χ1) is 8.65. The third kappa shape index (κ3) is 3.98. The molecule has 0 spiro atoms. The highest BCUT2D eigenvalue weighted by Gasteiger charge is 2.29. The van der Waals surface area contributed by atoms with Crippen LogP contribution >= 0.6 is 0 Å². The van der Waals surface area contributed by atoms with Gasteiger partial charge in [0.1, 0.15) is 0 Å². The van der Waals surface area contributed by atoms with E-state index in [0.717, 1.165) is 31.7 Å². The van der Waals surface area contributed by atoms with E-state index in [1.54, 1.807) is 0 Å². The first kappa shape index (κ1) is 13.9. The number of amides is 1. The predicted octanol–water partition coefficient (Wildman–Crippen LogP) is 2.45. The summed E-state index contributed by atoms with van der Waals surface area (Å²) in [7, 11) is 0. The van der Waals surface area contributed by atoms with Crippen LogP contribution < -0.4 is 11.1 Å². The van der Waals surface area contributed by atoms with E-state index in [9.17, 15) is 4.79 Å². The number of nitrogens with two attached hydrogens (primary N) is 1. The van der Waals surface area contributed by atoms with Gasteiger partial charge in [0.25, 0.3) is 0 Å². The van der Waals surface area contributed by atoms with Crippen molar-refractivity contribution in [1.29, 1.82) is 0 Å². The van der Waals surface area contributed by atoms with Crippen molar-refractivity contribution >= 4 is 5.91 Å². The predicted molar refractivity (Wildman–Crippen MR) is 74.1 cm³/mol. The Labute approximate surface area is 111 Å². The maximum Gasteiger partial charge on any atom is 0.223 e. The zero-order valence-corrected chi connectivity index (χ0v) is 11.7. The molecular weight excluding hydrogens is 224 g/mol. The van der Waals surface area contributed by atoms with Crippen LogP contribution in [0.25, 0.3) is 0 Å². The summed E-state index contributed by atoms with van der Waals surface area (Å²) in [6.45, 7) is 3.07. The van der Waals surface area contributed by atoms with Crippen molar-refractivity contribution in [3.05, 3.63) is 0 Å². The maximum atomic E-state index is 12.1. The Balaban J connectivity index is 1.67. The smallest absolute Gasteiger partial charge is 0.223 e. The lowest BCUT2D eigenvalue weighted by Gasteiger charge is -2.30. The molecule has 0 aromatic carbocycles. The number of carbonyl (C=O) groups excluding carboxylic acids is 1. The van der Waals surface area contributed by atoms with Gasteiger partial charge in [0.2, 0.25) is 5.91 Å². The number of hydrogen-bond acceptors (Lipinski definition) is 2. The summed E-state index contributed by atoms with van der Waals surface area (Å²) in [6.07, 6.45) is 9.62. The Morgan fingerprint density at radius 2 is 1.94 bits per heavy atom. The molecule has 1 amide bonds. The van der Waals surface area contributed by atoms with Crippen molar-refractivity contribution < 1.29 is 4.79 Å². The minimum Gasteiger partial charge on any atom is -0.356 e. The van der Waals surface area contributed by atoms with Crippen LogP contribution in [0.15, 0.2) is 0 Å². The minimum absolute atomic E-state index is 0.160. The summed E-state index contributed by atoms with van der Waals surface area (Å²) in [6, 6.07) is 0.222. The van der Waals surface area contributed by atoms with Crippen LogP contribution in [-0.4, -0.2) is 18.5 Å². The molecule has 3 N–H and O–H groups in total. The van der Waals surface area contributed by atoms with Crippen LogP contribution in [0.1, 0.15) is 58.3 Å². The molecule has 18 heavy (non-hydrogen) atoms. The molecule has 0 aliphatic heterocycles. The topological polar surface area (TPSA) is 55.1 Å². The largest absolute Gasteiger partial charge is 0.356 e. The number of carbonyl (C=O) groups is 1. The Kier molecular flexibility index (Phi) is 5.04. The van der Waals surface area contributed by atoms with E-state index in [1.165, 1.54) is 32.1 Å². The molecule has 0 aromatic heterocycles. The van der Waals surface area contributed by atoms with Gasteiger partial charge >= 0.3 is 0 Å². The van der Waals surface area contributed by atoms with Crippen molar-refractivity contribution in [2.24, 2.45) is 23.5 Å². The average Bonchev–Trinajstić information content (AvgIpc) is 2.80. The van der Waals surface area contributed by atoms with Crippen LogP contribution in [0.4, 0.5) is 0 Å². The molecule has 2 saturated carbocycles. The zero-order chi connectivity index (χ0) is 13.0. The Hall–Kier alpha value is -0.570. The Morgan fingerprint density at radius 3 is 2.61 bits per heavy atom. The van der Waals surface area contributed by atoms with Crippen molar-refractivity contribution in [2.75, 3.05) is 6.54 Å². The highest BCUT2D eigenvalue weighted by molar-refractivity contribution is 5.78. The van der Waals surface area contributed by atoms with Gasteiger partial charge in [-0.3, -0.25) is 4.79 Å². The quantitative estimate of drug-likeness (QED) is 0.807. The van der Waals surface area contributed by atoms with Crippen molar-refractivity contribution in [3.63, 3.8) is 0 Å². The van der Waals surface area contributed by atoms with Gasteiger partial charge in [-0.15, -0.1) is 0 Å². The molecule has 2 rings (SSSR count). The monoisotopic (exact) mass is 252 g/mol. The second-order valence-corrected chi connectivity index (χ2v) is 6.50. The summed E-state index contributed by atoms with van der Waals surface area (Å²) in [4.78, 5) is 12.1. The molecule has 0 heterocycles. The molecule has 3 nitrogen and oxygen atoms in total. The molecule has 2 aliphatic rings. The van der Waals surface area contributed by atoms with Gasteiger partial charge in [-0.1, -0.05) is 32.6 Å². The van der Waals surface area contributed by atoms with E-state index in [2.05, 4.69) is 12.2 Å². The fourth-order valence-electron chi connectivity index (χ4n) is 3.71. The highest BCUT2D eigenvalue weighted by atomic mass is 16.1. The van der Waals surface area contributed by atoms with Gasteiger partial charge < -0.3 is 11.1 Å². The van der Waals surface area contributed by atoms with Crippen molar-refractivity contribution in [1.82, 2.24) is 5.32 Å². The zero-order valence-electron chi connectivity index (χ0n) is 11.7. The van der Waals surface area contributed by atoms with Crippen LogP contribution in [0.5, 0.6) is 0 Å². The lowest BCUT2D eigenvalue weighted by molar-refractivity contribution is -0.126. The molecular formula is C15H28N2O. The number of hydrogen-bond donors (Lipinski definition) is 2. The van der Waals surface area contributed by atoms with Gasteiger partial charge in [-0.2, -0.15) is 0 Å². The van der Waals surface area contributed by atoms with Gasteiger partial charge in [-0.25, -0.2) is 0 Å². The molecule has 0 bridgehead atoms. The second kappa shape index (κ2) is 6.55. The first-order valence-corrected chi connectivity index (χ1v) is 7.68. The van der Waals surface area contributed by atoms with Crippen molar-refractivity contribution in [2.45, 2.75) is 64.3 Å². The molecule has 104 valence electrons.